The molecule has 4 rings (SSSR count). The smallest absolute Gasteiger partial charge is 0.256 e. The summed E-state index contributed by atoms with van der Waals surface area (Å²) in [5.41, 5.74) is 3.56. The zero-order valence-corrected chi connectivity index (χ0v) is 14.1. The van der Waals surface area contributed by atoms with Crippen LogP contribution in [-0.4, -0.2) is 29.5 Å². The number of benzene rings is 2. The third kappa shape index (κ3) is 2.56. The van der Waals surface area contributed by atoms with Crippen molar-refractivity contribution in [3.8, 4) is 5.75 Å². The highest BCUT2D eigenvalue weighted by atomic mass is 16.3. The Morgan fingerprint density at radius 3 is 2.68 bits per heavy atom. The van der Waals surface area contributed by atoms with Crippen molar-refractivity contribution in [1.82, 2.24) is 0 Å². The summed E-state index contributed by atoms with van der Waals surface area (Å²) < 4.78 is 0. The summed E-state index contributed by atoms with van der Waals surface area (Å²) in [6, 6.07) is 12.3. The average Bonchev–Trinajstić information content (AvgIpc) is 2.89. The lowest BCUT2D eigenvalue weighted by molar-refractivity contribution is -0.121. The van der Waals surface area contributed by atoms with Gasteiger partial charge in [-0.3, -0.25) is 9.59 Å². The number of hydrogen-bond donors (Lipinski definition) is 1. The summed E-state index contributed by atoms with van der Waals surface area (Å²) in [6.07, 6.45) is 2.17. The zero-order valence-electron chi connectivity index (χ0n) is 14.1. The van der Waals surface area contributed by atoms with Gasteiger partial charge in [0.25, 0.3) is 5.91 Å². The Bertz CT molecular complexity index is 862. The van der Waals surface area contributed by atoms with Crippen LogP contribution < -0.4 is 9.80 Å². The first-order valence-electron chi connectivity index (χ1n) is 8.57. The Hall–Kier alpha value is -2.82. The maximum absolute atomic E-state index is 13.1. The van der Waals surface area contributed by atoms with Crippen molar-refractivity contribution in [2.75, 3.05) is 16.3 Å². The molecule has 5 heteroatoms. The zero-order chi connectivity index (χ0) is 17.6. The fourth-order valence-electron chi connectivity index (χ4n) is 3.89. The summed E-state index contributed by atoms with van der Waals surface area (Å²) >= 11 is 0. The summed E-state index contributed by atoms with van der Waals surface area (Å²) in [6.45, 7) is 2.57. The Balaban J connectivity index is 1.69. The lowest BCUT2D eigenvalue weighted by Gasteiger charge is -2.34. The lowest BCUT2D eigenvalue weighted by Crippen LogP contribution is -2.44. The van der Waals surface area contributed by atoms with Crippen LogP contribution in [0.4, 0.5) is 11.4 Å². The number of aromatic hydroxyl groups is 1. The number of aryl methyl sites for hydroxylation is 2. The maximum atomic E-state index is 13.1. The predicted molar refractivity (Wildman–Crippen MR) is 95.9 cm³/mol. The second-order valence-corrected chi connectivity index (χ2v) is 6.68. The van der Waals surface area contributed by atoms with E-state index < -0.39 is 6.04 Å². The largest absolute Gasteiger partial charge is 0.508 e. The van der Waals surface area contributed by atoms with Gasteiger partial charge in [-0.25, -0.2) is 4.90 Å². The number of carbonyl (C=O) groups is 2. The highest BCUT2D eigenvalue weighted by Crippen LogP contribution is 2.35. The van der Waals surface area contributed by atoms with Gasteiger partial charge in [-0.15, -0.1) is 0 Å². The van der Waals surface area contributed by atoms with E-state index in [9.17, 15) is 14.7 Å². The van der Waals surface area contributed by atoms with Crippen LogP contribution in [0.1, 0.15) is 24.0 Å². The summed E-state index contributed by atoms with van der Waals surface area (Å²) in [4.78, 5) is 29.0. The minimum atomic E-state index is -0.456. The minimum Gasteiger partial charge on any atom is -0.508 e. The Morgan fingerprint density at radius 1 is 1.08 bits per heavy atom. The fourth-order valence-corrected chi connectivity index (χ4v) is 3.89. The van der Waals surface area contributed by atoms with E-state index in [-0.39, 0.29) is 24.0 Å². The van der Waals surface area contributed by atoms with Crippen LogP contribution in [0.15, 0.2) is 42.5 Å². The van der Waals surface area contributed by atoms with Crippen LogP contribution >= 0.6 is 0 Å². The van der Waals surface area contributed by atoms with Crippen molar-refractivity contribution in [1.29, 1.82) is 0 Å². The van der Waals surface area contributed by atoms with E-state index >= 15 is 0 Å². The SMILES string of the molecule is Cc1cc(O)ccc1N1C(=O)CC(N2CCCc3ccccc32)C1=O. The van der Waals surface area contributed by atoms with Crippen LogP contribution in [0.5, 0.6) is 5.75 Å². The molecular formula is C20H20N2O3. The highest BCUT2D eigenvalue weighted by molar-refractivity contribution is 6.23. The molecule has 5 nitrogen and oxygen atoms in total. The fraction of sp³-hybridized carbons (Fsp3) is 0.300. The summed E-state index contributed by atoms with van der Waals surface area (Å²) in [7, 11) is 0. The molecule has 2 aliphatic rings. The Morgan fingerprint density at radius 2 is 1.88 bits per heavy atom. The van der Waals surface area contributed by atoms with Gasteiger partial charge in [0.05, 0.1) is 12.1 Å². The number of para-hydroxylation sites is 1. The number of fused-ring (bicyclic) bond motifs is 1. The second-order valence-electron chi connectivity index (χ2n) is 6.68. The van der Waals surface area contributed by atoms with Crippen LogP contribution in [0.25, 0.3) is 0 Å². The molecule has 2 amide bonds. The molecule has 0 aromatic heterocycles. The van der Waals surface area contributed by atoms with E-state index in [1.807, 2.05) is 18.2 Å². The molecule has 25 heavy (non-hydrogen) atoms. The molecule has 1 fully saturated rings. The van der Waals surface area contributed by atoms with Gasteiger partial charge in [0.2, 0.25) is 5.91 Å². The van der Waals surface area contributed by atoms with Crippen molar-refractivity contribution in [3.05, 3.63) is 53.6 Å². The molecule has 0 aliphatic carbocycles. The number of nitrogens with zero attached hydrogens (tertiary/aromatic N) is 2. The van der Waals surface area contributed by atoms with Crippen molar-refractivity contribution in [2.45, 2.75) is 32.2 Å². The molecule has 2 heterocycles. The minimum absolute atomic E-state index is 0.127. The molecule has 0 bridgehead atoms. The van der Waals surface area contributed by atoms with E-state index in [0.717, 1.165) is 25.1 Å². The average molecular weight is 336 g/mol. The topological polar surface area (TPSA) is 60.9 Å². The molecule has 0 saturated carbocycles. The number of anilines is 2. The normalized spacial score (nSPS) is 20.1. The number of carbonyl (C=O) groups excluding carboxylic acids is 2. The maximum Gasteiger partial charge on any atom is 0.256 e. The number of phenols is 1. The number of rotatable bonds is 2. The molecular weight excluding hydrogens is 316 g/mol. The molecule has 2 aromatic carbocycles. The van der Waals surface area contributed by atoms with Crippen LogP contribution in [0, 0.1) is 6.92 Å². The molecule has 1 saturated heterocycles. The van der Waals surface area contributed by atoms with E-state index in [4.69, 9.17) is 0 Å². The standard InChI is InChI=1S/C20H20N2O3/c1-13-11-15(23)8-9-16(13)22-19(24)12-18(20(22)25)21-10-4-6-14-5-2-3-7-17(14)21/h2-3,5,7-9,11,18,23H,4,6,10,12H2,1H3. The first kappa shape index (κ1) is 15.7. The van der Waals surface area contributed by atoms with Crippen molar-refractivity contribution < 1.29 is 14.7 Å². The van der Waals surface area contributed by atoms with Crippen LogP contribution in [-0.2, 0) is 16.0 Å². The quantitative estimate of drug-likeness (QED) is 0.857. The number of phenolic OH excluding ortho intramolecular Hbond substituents is 1. The van der Waals surface area contributed by atoms with Gasteiger partial charge in [0.1, 0.15) is 11.8 Å². The van der Waals surface area contributed by atoms with E-state index in [1.165, 1.54) is 16.5 Å². The van der Waals surface area contributed by atoms with Crippen LogP contribution in [0.2, 0.25) is 0 Å². The summed E-state index contributed by atoms with van der Waals surface area (Å²) in [5.74, 6) is -0.246. The van der Waals surface area contributed by atoms with E-state index in [2.05, 4.69) is 11.0 Å². The van der Waals surface area contributed by atoms with Gasteiger partial charge in [-0.05, 0) is 55.2 Å². The molecule has 1 atom stereocenters. The van der Waals surface area contributed by atoms with Crippen molar-refractivity contribution in [2.24, 2.45) is 0 Å². The molecule has 0 spiro atoms. The summed E-state index contributed by atoms with van der Waals surface area (Å²) in [5, 5.41) is 9.58. The first-order chi connectivity index (χ1) is 12.1. The molecule has 2 aromatic rings. The second kappa shape index (κ2) is 5.92. The van der Waals surface area contributed by atoms with Crippen LogP contribution in [0.3, 0.4) is 0 Å². The Kier molecular flexibility index (Phi) is 3.71. The Labute approximate surface area is 146 Å². The molecule has 1 unspecified atom stereocenters. The first-order valence-corrected chi connectivity index (χ1v) is 8.57. The van der Waals surface area contributed by atoms with Gasteiger partial charge in [-0.1, -0.05) is 18.2 Å². The van der Waals surface area contributed by atoms with E-state index in [0.29, 0.717) is 11.3 Å². The number of hydrogen-bond acceptors (Lipinski definition) is 4. The van der Waals surface area contributed by atoms with Gasteiger partial charge in [0, 0.05) is 12.2 Å². The van der Waals surface area contributed by atoms with Gasteiger partial charge < -0.3 is 10.0 Å². The van der Waals surface area contributed by atoms with Gasteiger partial charge >= 0.3 is 0 Å². The molecule has 128 valence electrons. The van der Waals surface area contributed by atoms with Crippen molar-refractivity contribution in [3.63, 3.8) is 0 Å². The molecule has 2 aliphatic heterocycles. The van der Waals surface area contributed by atoms with Gasteiger partial charge in [-0.2, -0.15) is 0 Å². The monoisotopic (exact) mass is 336 g/mol. The molecule has 1 N–H and O–H groups in total. The van der Waals surface area contributed by atoms with Crippen molar-refractivity contribution >= 4 is 23.2 Å². The third-order valence-electron chi connectivity index (χ3n) is 5.07. The highest BCUT2D eigenvalue weighted by Gasteiger charge is 2.44. The third-order valence-corrected chi connectivity index (χ3v) is 5.07. The number of amides is 2. The lowest BCUT2D eigenvalue weighted by atomic mass is 9.99. The predicted octanol–water partition coefficient (Wildman–Crippen LogP) is 2.79. The van der Waals surface area contributed by atoms with Gasteiger partial charge in [0.15, 0.2) is 0 Å². The number of imide groups is 1. The van der Waals surface area contributed by atoms with E-state index in [1.54, 1.807) is 19.1 Å². The molecule has 0 radical (unpaired) electrons.